The number of halogens is 1. The standard InChI is InChI=1S/C21H22ClN3O4/c1-2-29-20-6-4-3-5-16(20)7-10-21(26)24-13-11-23(12-14-24)18-9-8-17(22)15-19(18)25(27)28/h3-10,15H,2,11-14H2,1H3. The topological polar surface area (TPSA) is 75.9 Å². The fourth-order valence-electron chi connectivity index (χ4n) is 3.25. The van der Waals surface area contributed by atoms with Gasteiger partial charge in [0, 0.05) is 48.9 Å². The molecule has 29 heavy (non-hydrogen) atoms. The summed E-state index contributed by atoms with van der Waals surface area (Å²) in [6.07, 6.45) is 3.29. The third-order valence-corrected chi connectivity index (χ3v) is 4.93. The highest BCUT2D eigenvalue weighted by atomic mass is 35.5. The van der Waals surface area contributed by atoms with Crippen molar-refractivity contribution in [3.63, 3.8) is 0 Å². The molecule has 0 unspecified atom stereocenters. The number of carbonyl (C=O) groups is 1. The minimum atomic E-state index is -0.433. The Bertz CT molecular complexity index is 924. The van der Waals surface area contributed by atoms with Crippen LogP contribution in [-0.2, 0) is 4.79 Å². The number of nitrogens with zero attached hydrogens (tertiary/aromatic N) is 3. The predicted molar refractivity (Wildman–Crippen MR) is 114 cm³/mol. The Morgan fingerprint density at radius 3 is 2.62 bits per heavy atom. The molecule has 3 rings (SSSR count). The first-order valence-corrected chi connectivity index (χ1v) is 9.75. The molecule has 0 saturated carbocycles. The molecule has 1 saturated heterocycles. The number of nitro groups is 1. The molecule has 0 atom stereocenters. The second-order valence-electron chi connectivity index (χ2n) is 6.51. The third-order valence-electron chi connectivity index (χ3n) is 4.69. The molecule has 0 aliphatic carbocycles. The van der Waals surface area contributed by atoms with Gasteiger partial charge in [0.1, 0.15) is 11.4 Å². The van der Waals surface area contributed by atoms with Crippen LogP contribution in [0.1, 0.15) is 12.5 Å². The number of hydrogen-bond donors (Lipinski definition) is 0. The van der Waals surface area contributed by atoms with Gasteiger partial charge in [-0.2, -0.15) is 0 Å². The van der Waals surface area contributed by atoms with Gasteiger partial charge in [0.25, 0.3) is 5.69 Å². The number of benzene rings is 2. The van der Waals surface area contributed by atoms with Gasteiger partial charge in [0.2, 0.25) is 5.91 Å². The van der Waals surface area contributed by atoms with E-state index in [-0.39, 0.29) is 11.6 Å². The summed E-state index contributed by atoms with van der Waals surface area (Å²) in [5.74, 6) is 0.639. The normalized spacial score (nSPS) is 14.3. The van der Waals surface area contributed by atoms with E-state index in [0.29, 0.717) is 43.5 Å². The SMILES string of the molecule is CCOc1ccccc1C=CC(=O)N1CCN(c2ccc(Cl)cc2[N+](=O)[O-])CC1. The van der Waals surface area contributed by atoms with Crippen molar-refractivity contribution in [2.24, 2.45) is 0 Å². The zero-order valence-electron chi connectivity index (χ0n) is 16.1. The molecule has 2 aromatic rings. The van der Waals surface area contributed by atoms with Gasteiger partial charge in [-0.3, -0.25) is 14.9 Å². The fraction of sp³-hybridized carbons (Fsp3) is 0.286. The van der Waals surface area contributed by atoms with Gasteiger partial charge in [-0.15, -0.1) is 0 Å². The lowest BCUT2D eigenvalue weighted by Gasteiger charge is -2.35. The molecule has 152 valence electrons. The van der Waals surface area contributed by atoms with E-state index in [4.69, 9.17) is 16.3 Å². The maximum Gasteiger partial charge on any atom is 0.294 e. The predicted octanol–water partition coefficient (Wildman–Crippen LogP) is 4.01. The Balaban J connectivity index is 1.64. The Morgan fingerprint density at radius 2 is 1.93 bits per heavy atom. The van der Waals surface area contributed by atoms with Crippen LogP contribution in [0.3, 0.4) is 0 Å². The lowest BCUT2D eigenvalue weighted by Crippen LogP contribution is -2.48. The Kier molecular flexibility index (Phi) is 6.72. The molecule has 1 heterocycles. The summed E-state index contributed by atoms with van der Waals surface area (Å²) in [6, 6.07) is 12.2. The van der Waals surface area contributed by atoms with Crippen molar-refractivity contribution in [3.05, 3.63) is 69.2 Å². The second kappa shape index (κ2) is 9.43. The molecule has 0 bridgehead atoms. The van der Waals surface area contributed by atoms with Crippen LogP contribution in [0.2, 0.25) is 5.02 Å². The number of hydrogen-bond acceptors (Lipinski definition) is 5. The third kappa shape index (κ3) is 5.06. The van der Waals surface area contributed by atoms with Crippen molar-refractivity contribution in [1.29, 1.82) is 0 Å². The van der Waals surface area contributed by atoms with Crippen LogP contribution in [0.4, 0.5) is 11.4 Å². The zero-order chi connectivity index (χ0) is 20.8. The highest BCUT2D eigenvalue weighted by molar-refractivity contribution is 6.30. The lowest BCUT2D eigenvalue weighted by molar-refractivity contribution is -0.384. The molecule has 0 aromatic heterocycles. The summed E-state index contributed by atoms with van der Waals surface area (Å²) >= 11 is 5.89. The molecule has 8 heteroatoms. The van der Waals surface area contributed by atoms with E-state index in [1.807, 2.05) is 36.1 Å². The summed E-state index contributed by atoms with van der Waals surface area (Å²) < 4.78 is 5.57. The first kappa shape index (κ1) is 20.7. The minimum Gasteiger partial charge on any atom is -0.493 e. The molecule has 1 aliphatic heterocycles. The monoisotopic (exact) mass is 415 g/mol. The number of piperazine rings is 1. The van der Waals surface area contributed by atoms with Crippen molar-refractivity contribution in [2.45, 2.75) is 6.92 Å². The smallest absolute Gasteiger partial charge is 0.294 e. The molecule has 1 amide bonds. The van der Waals surface area contributed by atoms with Crippen molar-refractivity contribution in [3.8, 4) is 5.75 Å². The van der Waals surface area contributed by atoms with Crippen LogP contribution < -0.4 is 9.64 Å². The largest absolute Gasteiger partial charge is 0.493 e. The number of amides is 1. The average Bonchev–Trinajstić information content (AvgIpc) is 2.73. The second-order valence-corrected chi connectivity index (χ2v) is 6.94. The van der Waals surface area contributed by atoms with E-state index in [1.165, 1.54) is 12.1 Å². The van der Waals surface area contributed by atoms with Gasteiger partial charge in [0.15, 0.2) is 0 Å². The summed E-state index contributed by atoms with van der Waals surface area (Å²) in [6.45, 7) is 4.45. The molecule has 7 nitrogen and oxygen atoms in total. The van der Waals surface area contributed by atoms with E-state index >= 15 is 0 Å². The number of nitro benzene ring substituents is 1. The van der Waals surface area contributed by atoms with Gasteiger partial charge >= 0.3 is 0 Å². The van der Waals surface area contributed by atoms with Crippen LogP contribution in [0.5, 0.6) is 5.75 Å². The average molecular weight is 416 g/mol. The fourth-order valence-corrected chi connectivity index (χ4v) is 3.42. The molecule has 1 aliphatic rings. The van der Waals surface area contributed by atoms with Gasteiger partial charge in [0.05, 0.1) is 11.5 Å². The number of anilines is 1. The highest BCUT2D eigenvalue weighted by Gasteiger charge is 2.25. The van der Waals surface area contributed by atoms with Crippen LogP contribution in [-0.4, -0.2) is 48.5 Å². The maximum atomic E-state index is 12.6. The van der Waals surface area contributed by atoms with Gasteiger partial charge in [-0.25, -0.2) is 0 Å². The molecule has 1 fully saturated rings. The molecular formula is C21H22ClN3O4. The van der Waals surface area contributed by atoms with Crippen molar-refractivity contribution in [2.75, 3.05) is 37.7 Å². The first-order valence-electron chi connectivity index (χ1n) is 9.37. The number of ether oxygens (including phenoxy) is 1. The zero-order valence-corrected chi connectivity index (χ0v) is 16.8. The van der Waals surface area contributed by atoms with Crippen molar-refractivity contribution in [1.82, 2.24) is 4.90 Å². The van der Waals surface area contributed by atoms with Crippen molar-refractivity contribution >= 4 is 35.0 Å². The molecule has 0 spiro atoms. The molecule has 0 N–H and O–H groups in total. The van der Waals surface area contributed by atoms with Gasteiger partial charge in [-0.05, 0) is 31.2 Å². The maximum absolute atomic E-state index is 12.6. The Labute approximate surface area is 174 Å². The lowest BCUT2D eigenvalue weighted by atomic mass is 10.1. The minimum absolute atomic E-state index is 0.0234. The van der Waals surface area contributed by atoms with E-state index in [9.17, 15) is 14.9 Å². The number of para-hydroxylation sites is 1. The van der Waals surface area contributed by atoms with Crippen LogP contribution in [0.15, 0.2) is 48.5 Å². The Hall–Kier alpha value is -3.06. The summed E-state index contributed by atoms with van der Waals surface area (Å²) in [5.41, 5.74) is 1.34. The quantitative estimate of drug-likeness (QED) is 0.405. The number of rotatable bonds is 6. The van der Waals surface area contributed by atoms with E-state index in [0.717, 1.165) is 11.3 Å². The van der Waals surface area contributed by atoms with Crippen LogP contribution in [0, 0.1) is 10.1 Å². The number of carbonyl (C=O) groups excluding carboxylic acids is 1. The van der Waals surface area contributed by atoms with E-state index in [2.05, 4.69) is 0 Å². The highest BCUT2D eigenvalue weighted by Crippen LogP contribution is 2.31. The van der Waals surface area contributed by atoms with Gasteiger partial charge < -0.3 is 14.5 Å². The molecule has 2 aromatic carbocycles. The summed E-state index contributed by atoms with van der Waals surface area (Å²) in [5, 5.41) is 11.6. The van der Waals surface area contributed by atoms with Crippen molar-refractivity contribution < 1.29 is 14.5 Å². The van der Waals surface area contributed by atoms with Crippen LogP contribution in [0.25, 0.3) is 6.08 Å². The van der Waals surface area contributed by atoms with E-state index < -0.39 is 4.92 Å². The summed E-state index contributed by atoms with van der Waals surface area (Å²) in [7, 11) is 0. The molecule has 0 radical (unpaired) electrons. The summed E-state index contributed by atoms with van der Waals surface area (Å²) in [4.78, 5) is 27.1. The van der Waals surface area contributed by atoms with Crippen LogP contribution >= 0.6 is 11.6 Å². The molecular weight excluding hydrogens is 394 g/mol. The Morgan fingerprint density at radius 1 is 1.21 bits per heavy atom. The first-order chi connectivity index (χ1) is 14.0. The van der Waals surface area contributed by atoms with Gasteiger partial charge in [-0.1, -0.05) is 29.8 Å². The van der Waals surface area contributed by atoms with E-state index in [1.54, 1.807) is 23.1 Å².